The molecule has 0 spiro atoms. The monoisotopic (exact) mass is 251 g/mol. The summed E-state index contributed by atoms with van der Waals surface area (Å²) >= 11 is 6.45. The summed E-state index contributed by atoms with van der Waals surface area (Å²) < 4.78 is 0. The lowest BCUT2D eigenvalue weighted by Crippen LogP contribution is -2.27. The normalized spacial score (nSPS) is 19.2. The average molecular weight is 252 g/mol. The van der Waals surface area contributed by atoms with Crippen LogP contribution in [0.15, 0.2) is 18.2 Å². The van der Waals surface area contributed by atoms with Crippen molar-refractivity contribution in [3.05, 3.63) is 34.3 Å². The van der Waals surface area contributed by atoms with Gasteiger partial charge in [-0.05, 0) is 43.9 Å². The van der Waals surface area contributed by atoms with E-state index in [4.69, 9.17) is 11.6 Å². The third-order valence-corrected chi connectivity index (χ3v) is 4.51. The third kappa shape index (κ3) is 2.83. The minimum Gasteiger partial charge on any atom is -0.313 e. The first-order chi connectivity index (χ1) is 8.24. The first kappa shape index (κ1) is 12.9. The van der Waals surface area contributed by atoms with Crippen LogP contribution in [0, 0.1) is 12.8 Å². The smallest absolute Gasteiger partial charge is 0.0483 e. The maximum Gasteiger partial charge on any atom is 0.0483 e. The highest BCUT2D eigenvalue weighted by Gasteiger charge is 2.25. The molecule has 2 heteroatoms. The number of rotatable bonds is 3. The Morgan fingerprint density at radius 3 is 2.59 bits per heavy atom. The summed E-state index contributed by atoms with van der Waals surface area (Å²) in [5, 5.41) is 4.41. The molecule has 0 aromatic heterocycles. The number of nitrogens with one attached hydrogen (secondary N) is 1. The van der Waals surface area contributed by atoms with Crippen molar-refractivity contribution in [1.29, 1.82) is 0 Å². The van der Waals surface area contributed by atoms with E-state index in [1.807, 2.05) is 0 Å². The van der Waals surface area contributed by atoms with Gasteiger partial charge < -0.3 is 5.32 Å². The predicted molar refractivity (Wildman–Crippen MR) is 74.6 cm³/mol. The van der Waals surface area contributed by atoms with Crippen LogP contribution < -0.4 is 5.32 Å². The number of benzene rings is 1. The Kier molecular flexibility index (Phi) is 4.47. The van der Waals surface area contributed by atoms with Crippen LogP contribution in [-0.2, 0) is 0 Å². The van der Waals surface area contributed by atoms with Gasteiger partial charge in [0.2, 0.25) is 0 Å². The van der Waals surface area contributed by atoms with Crippen LogP contribution in [0.25, 0.3) is 0 Å². The van der Waals surface area contributed by atoms with E-state index in [1.165, 1.54) is 43.2 Å². The lowest BCUT2D eigenvalue weighted by atomic mass is 9.81. The van der Waals surface area contributed by atoms with Gasteiger partial charge in [0.05, 0.1) is 0 Å². The van der Waals surface area contributed by atoms with Gasteiger partial charge in [-0.3, -0.25) is 0 Å². The summed E-state index contributed by atoms with van der Waals surface area (Å²) in [6.45, 7) is 2.08. The van der Waals surface area contributed by atoms with Crippen molar-refractivity contribution in [1.82, 2.24) is 5.32 Å². The van der Waals surface area contributed by atoms with E-state index in [2.05, 4.69) is 37.5 Å². The maximum atomic E-state index is 6.45. The number of halogens is 1. The van der Waals surface area contributed by atoms with E-state index < -0.39 is 0 Å². The molecule has 0 bridgehead atoms. The van der Waals surface area contributed by atoms with Crippen molar-refractivity contribution in [2.75, 3.05) is 7.05 Å². The van der Waals surface area contributed by atoms with Gasteiger partial charge in [0.1, 0.15) is 0 Å². The first-order valence-corrected chi connectivity index (χ1v) is 7.04. The molecule has 1 aromatic carbocycles. The Morgan fingerprint density at radius 1 is 1.24 bits per heavy atom. The fourth-order valence-corrected chi connectivity index (χ4v) is 3.27. The van der Waals surface area contributed by atoms with E-state index in [0.29, 0.717) is 6.04 Å². The Balaban J connectivity index is 2.24. The van der Waals surface area contributed by atoms with Gasteiger partial charge in [0, 0.05) is 11.1 Å². The van der Waals surface area contributed by atoms with Gasteiger partial charge in [-0.1, -0.05) is 49.1 Å². The molecule has 1 fully saturated rings. The Morgan fingerprint density at radius 2 is 1.94 bits per heavy atom. The zero-order valence-electron chi connectivity index (χ0n) is 10.8. The maximum absolute atomic E-state index is 6.45. The summed E-state index contributed by atoms with van der Waals surface area (Å²) in [4.78, 5) is 0. The summed E-state index contributed by atoms with van der Waals surface area (Å²) in [7, 11) is 2.05. The van der Waals surface area contributed by atoms with Crippen molar-refractivity contribution in [3.63, 3.8) is 0 Å². The minimum absolute atomic E-state index is 0.419. The molecule has 1 aromatic rings. The van der Waals surface area contributed by atoms with E-state index >= 15 is 0 Å². The van der Waals surface area contributed by atoms with Crippen LogP contribution in [0.1, 0.15) is 49.3 Å². The lowest BCUT2D eigenvalue weighted by molar-refractivity contribution is 0.281. The topological polar surface area (TPSA) is 12.0 Å². The predicted octanol–water partition coefficient (Wildman–Crippen LogP) is 4.49. The highest BCUT2D eigenvalue weighted by molar-refractivity contribution is 6.32. The minimum atomic E-state index is 0.419. The van der Waals surface area contributed by atoms with Crippen LogP contribution in [0.4, 0.5) is 0 Å². The standard InChI is InChI=1S/C15H22ClN/c1-11-7-6-10-13(14(11)16)15(17-2)12-8-4-3-5-9-12/h6-7,10,12,15,17H,3-5,8-9H2,1-2H3. The second-order valence-corrected chi connectivity index (χ2v) is 5.52. The highest BCUT2D eigenvalue weighted by atomic mass is 35.5. The van der Waals surface area contributed by atoms with Gasteiger partial charge in [-0.15, -0.1) is 0 Å². The molecule has 1 N–H and O–H groups in total. The zero-order chi connectivity index (χ0) is 12.3. The molecular weight excluding hydrogens is 230 g/mol. The van der Waals surface area contributed by atoms with Crippen LogP contribution >= 0.6 is 11.6 Å². The van der Waals surface area contributed by atoms with Crippen LogP contribution in [0.5, 0.6) is 0 Å². The molecule has 1 nitrogen and oxygen atoms in total. The van der Waals surface area contributed by atoms with Crippen molar-refractivity contribution >= 4 is 11.6 Å². The zero-order valence-corrected chi connectivity index (χ0v) is 11.6. The molecule has 17 heavy (non-hydrogen) atoms. The second-order valence-electron chi connectivity index (χ2n) is 5.14. The summed E-state index contributed by atoms with van der Waals surface area (Å²) in [5.41, 5.74) is 2.46. The van der Waals surface area contributed by atoms with Crippen LogP contribution in [0.3, 0.4) is 0 Å². The lowest BCUT2D eigenvalue weighted by Gasteiger charge is -2.31. The molecule has 0 heterocycles. The van der Waals surface area contributed by atoms with Gasteiger partial charge in [0.25, 0.3) is 0 Å². The van der Waals surface area contributed by atoms with Gasteiger partial charge in [0.15, 0.2) is 0 Å². The summed E-state index contributed by atoms with van der Waals surface area (Å²) in [6, 6.07) is 6.79. The fraction of sp³-hybridized carbons (Fsp3) is 0.600. The third-order valence-electron chi connectivity index (χ3n) is 3.99. The highest BCUT2D eigenvalue weighted by Crippen LogP contribution is 2.37. The van der Waals surface area contributed by atoms with E-state index in [-0.39, 0.29) is 0 Å². The molecule has 94 valence electrons. The first-order valence-electron chi connectivity index (χ1n) is 6.66. The molecule has 1 aliphatic carbocycles. The number of hydrogen-bond donors (Lipinski definition) is 1. The SMILES string of the molecule is CNC(c1cccc(C)c1Cl)C1CCCCC1. The Bertz CT molecular complexity index is 369. The van der Waals surface area contributed by atoms with Crippen molar-refractivity contribution in [3.8, 4) is 0 Å². The largest absolute Gasteiger partial charge is 0.313 e. The van der Waals surface area contributed by atoms with Crippen molar-refractivity contribution in [2.24, 2.45) is 5.92 Å². The molecule has 1 unspecified atom stereocenters. The summed E-state index contributed by atoms with van der Waals surface area (Å²) in [6.07, 6.45) is 6.79. The van der Waals surface area contributed by atoms with Crippen molar-refractivity contribution < 1.29 is 0 Å². The molecule has 0 amide bonds. The Labute approximate surface area is 110 Å². The Hall–Kier alpha value is -0.530. The number of hydrogen-bond acceptors (Lipinski definition) is 1. The molecule has 1 saturated carbocycles. The van der Waals surface area contributed by atoms with E-state index in [0.717, 1.165) is 10.9 Å². The van der Waals surface area contributed by atoms with Crippen molar-refractivity contribution in [2.45, 2.75) is 45.1 Å². The second kappa shape index (κ2) is 5.88. The van der Waals surface area contributed by atoms with Gasteiger partial charge in [-0.2, -0.15) is 0 Å². The molecular formula is C15H22ClN. The molecule has 0 aliphatic heterocycles. The quantitative estimate of drug-likeness (QED) is 0.835. The van der Waals surface area contributed by atoms with Crippen LogP contribution in [0.2, 0.25) is 5.02 Å². The average Bonchev–Trinajstić information content (AvgIpc) is 2.37. The van der Waals surface area contributed by atoms with Gasteiger partial charge in [-0.25, -0.2) is 0 Å². The van der Waals surface area contributed by atoms with E-state index in [9.17, 15) is 0 Å². The van der Waals surface area contributed by atoms with E-state index in [1.54, 1.807) is 0 Å². The fourth-order valence-electron chi connectivity index (χ4n) is 3.02. The van der Waals surface area contributed by atoms with Crippen LogP contribution in [-0.4, -0.2) is 7.05 Å². The molecule has 0 radical (unpaired) electrons. The molecule has 0 saturated heterocycles. The van der Waals surface area contributed by atoms with Gasteiger partial charge >= 0.3 is 0 Å². The number of aryl methyl sites for hydroxylation is 1. The molecule has 1 atom stereocenters. The molecule has 2 rings (SSSR count). The molecule has 1 aliphatic rings. The summed E-state index contributed by atoms with van der Waals surface area (Å²) in [5.74, 6) is 0.744.